The van der Waals surface area contributed by atoms with Crippen molar-refractivity contribution in [2.75, 3.05) is 0 Å². The van der Waals surface area contributed by atoms with Crippen LogP contribution in [-0.2, 0) is 15.6 Å². The Balaban J connectivity index is 2.37. The van der Waals surface area contributed by atoms with E-state index in [1.807, 2.05) is 6.07 Å². The molecule has 0 heterocycles. The second-order valence-electron chi connectivity index (χ2n) is 4.59. The molecule has 3 nitrogen and oxygen atoms in total. The quantitative estimate of drug-likeness (QED) is 0.819. The van der Waals surface area contributed by atoms with E-state index in [-0.39, 0.29) is 10.6 Å². The van der Waals surface area contributed by atoms with Gasteiger partial charge in [0.1, 0.15) is 0 Å². The van der Waals surface area contributed by atoms with Gasteiger partial charge >= 0.3 is 0 Å². The Morgan fingerprint density at radius 3 is 2.38 bits per heavy atom. The predicted molar refractivity (Wildman–Crippen MR) is 73.1 cm³/mol. The number of hydrogen-bond donors (Lipinski definition) is 0. The highest BCUT2D eigenvalue weighted by Crippen LogP contribution is 2.21. The number of rotatable bonds is 3. The van der Waals surface area contributed by atoms with Gasteiger partial charge < -0.3 is 0 Å². The van der Waals surface area contributed by atoms with Crippen LogP contribution in [0.15, 0.2) is 41.3 Å². The van der Waals surface area contributed by atoms with Crippen LogP contribution in [0.1, 0.15) is 16.7 Å². The summed E-state index contributed by atoms with van der Waals surface area (Å²) in [6.07, 6.45) is 0. The van der Waals surface area contributed by atoms with Gasteiger partial charge in [0.25, 0.3) is 0 Å². The minimum atomic E-state index is -3.78. The molecule has 0 aliphatic carbocycles. The molecule has 0 aromatic heterocycles. The number of halogens is 2. The van der Waals surface area contributed by atoms with E-state index in [4.69, 9.17) is 5.26 Å². The summed E-state index contributed by atoms with van der Waals surface area (Å²) in [5.74, 6) is -2.63. The number of benzene rings is 2. The third-order valence-electron chi connectivity index (χ3n) is 3.07. The van der Waals surface area contributed by atoms with Crippen LogP contribution in [0.2, 0.25) is 0 Å². The molecule has 0 aliphatic heterocycles. The molecule has 0 saturated heterocycles. The minimum Gasteiger partial charge on any atom is -0.223 e. The zero-order valence-electron chi connectivity index (χ0n) is 11.1. The molecule has 0 aliphatic rings. The Bertz CT molecular complexity index is 839. The molecule has 6 heteroatoms. The summed E-state index contributed by atoms with van der Waals surface area (Å²) >= 11 is 0. The summed E-state index contributed by atoms with van der Waals surface area (Å²) in [5.41, 5.74) is 1.60. The second-order valence-corrected chi connectivity index (χ2v) is 6.58. The number of sulfone groups is 1. The average molecular weight is 307 g/mol. The lowest BCUT2D eigenvalue weighted by molar-refractivity contribution is 0.504. The summed E-state index contributed by atoms with van der Waals surface area (Å²) in [6, 6.07) is 9.10. The molecule has 0 atom stereocenters. The van der Waals surface area contributed by atoms with E-state index in [0.717, 1.165) is 12.1 Å². The van der Waals surface area contributed by atoms with Crippen LogP contribution in [0, 0.1) is 29.9 Å². The average Bonchev–Trinajstić information content (AvgIpc) is 2.43. The van der Waals surface area contributed by atoms with Crippen molar-refractivity contribution in [3.63, 3.8) is 0 Å². The van der Waals surface area contributed by atoms with Gasteiger partial charge in [-0.3, -0.25) is 0 Å². The monoisotopic (exact) mass is 307 g/mol. The smallest absolute Gasteiger partial charge is 0.182 e. The lowest BCUT2D eigenvalue weighted by atomic mass is 10.1. The molecule has 0 fully saturated rings. The van der Waals surface area contributed by atoms with Crippen molar-refractivity contribution in [2.45, 2.75) is 17.6 Å². The predicted octanol–water partition coefficient (Wildman–Crippen LogP) is 3.12. The molecule has 2 rings (SSSR count). The maximum atomic E-state index is 13.2. The van der Waals surface area contributed by atoms with Crippen LogP contribution in [0.3, 0.4) is 0 Å². The molecular formula is C15H11F2NO2S. The molecule has 0 N–H and O–H groups in total. The van der Waals surface area contributed by atoms with E-state index >= 15 is 0 Å². The van der Waals surface area contributed by atoms with E-state index in [2.05, 4.69) is 0 Å². The summed E-state index contributed by atoms with van der Waals surface area (Å²) in [4.78, 5) is -0.273. The van der Waals surface area contributed by atoms with E-state index in [0.29, 0.717) is 22.8 Å². The Labute approximate surface area is 121 Å². The minimum absolute atomic E-state index is 0.273. The molecule has 108 valence electrons. The van der Waals surface area contributed by atoms with E-state index in [9.17, 15) is 17.2 Å². The van der Waals surface area contributed by atoms with Crippen molar-refractivity contribution in [2.24, 2.45) is 0 Å². The fraction of sp³-hybridized carbons (Fsp3) is 0.133. The summed E-state index contributed by atoms with van der Waals surface area (Å²) < 4.78 is 50.4. The standard InChI is InChI=1S/C15H11F2NO2S/c1-10-6-11(8-18)2-3-12(10)9-21(19,20)13-4-5-14(16)15(17)7-13/h2-7H,9H2,1H3. The fourth-order valence-corrected chi connectivity index (χ4v) is 3.34. The number of nitriles is 1. The first-order valence-electron chi connectivity index (χ1n) is 6.01. The molecule has 0 saturated carbocycles. The second kappa shape index (κ2) is 5.62. The van der Waals surface area contributed by atoms with Crippen LogP contribution >= 0.6 is 0 Å². The van der Waals surface area contributed by atoms with Crippen LogP contribution in [-0.4, -0.2) is 8.42 Å². The van der Waals surface area contributed by atoms with E-state index < -0.39 is 21.5 Å². The van der Waals surface area contributed by atoms with Gasteiger partial charge in [-0.15, -0.1) is 0 Å². The summed E-state index contributed by atoms with van der Waals surface area (Å²) in [5, 5.41) is 8.77. The fourth-order valence-electron chi connectivity index (χ4n) is 1.89. The van der Waals surface area contributed by atoms with Gasteiger partial charge in [-0.05, 0) is 48.4 Å². The summed E-state index contributed by atoms with van der Waals surface area (Å²) in [6.45, 7) is 1.69. The molecule has 0 amide bonds. The van der Waals surface area contributed by atoms with Crippen LogP contribution in [0.4, 0.5) is 8.78 Å². The molecule has 0 radical (unpaired) electrons. The van der Waals surface area contributed by atoms with Gasteiger partial charge in [0.2, 0.25) is 0 Å². The Morgan fingerprint density at radius 1 is 1.10 bits per heavy atom. The highest BCUT2D eigenvalue weighted by molar-refractivity contribution is 7.90. The van der Waals surface area contributed by atoms with Gasteiger partial charge in [0.05, 0.1) is 22.3 Å². The first-order valence-corrected chi connectivity index (χ1v) is 7.66. The van der Waals surface area contributed by atoms with Crippen molar-refractivity contribution < 1.29 is 17.2 Å². The molecule has 2 aromatic carbocycles. The van der Waals surface area contributed by atoms with Gasteiger partial charge in [-0.2, -0.15) is 5.26 Å². The number of hydrogen-bond acceptors (Lipinski definition) is 3. The van der Waals surface area contributed by atoms with Gasteiger partial charge in [-0.25, -0.2) is 17.2 Å². The zero-order valence-corrected chi connectivity index (χ0v) is 11.9. The van der Waals surface area contributed by atoms with Crippen LogP contribution < -0.4 is 0 Å². The molecule has 0 spiro atoms. The lowest BCUT2D eigenvalue weighted by Gasteiger charge is -2.08. The third kappa shape index (κ3) is 3.26. The van der Waals surface area contributed by atoms with Crippen molar-refractivity contribution in [3.8, 4) is 6.07 Å². The Kier molecular flexibility index (Phi) is 4.05. The number of aryl methyl sites for hydroxylation is 1. The van der Waals surface area contributed by atoms with Gasteiger partial charge in [0, 0.05) is 0 Å². The molecule has 0 unspecified atom stereocenters. The van der Waals surface area contributed by atoms with Crippen LogP contribution in [0.25, 0.3) is 0 Å². The van der Waals surface area contributed by atoms with Crippen molar-refractivity contribution in [1.82, 2.24) is 0 Å². The lowest BCUT2D eigenvalue weighted by Crippen LogP contribution is -2.07. The van der Waals surface area contributed by atoms with Gasteiger partial charge in [0.15, 0.2) is 21.5 Å². The Morgan fingerprint density at radius 2 is 1.81 bits per heavy atom. The van der Waals surface area contributed by atoms with Crippen molar-refractivity contribution in [1.29, 1.82) is 5.26 Å². The maximum absolute atomic E-state index is 13.2. The first kappa shape index (κ1) is 15.1. The summed E-state index contributed by atoms with van der Waals surface area (Å²) in [7, 11) is -3.78. The highest BCUT2D eigenvalue weighted by atomic mass is 32.2. The molecule has 2 aromatic rings. The normalized spacial score (nSPS) is 11.1. The van der Waals surface area contributed by atoms with Crippen molar-refractivity contribution >= 4 is 9.84 Å². The first-order chi connectivity index (χ1) is 9.83. The maximum Gasteiger partial charge on any atom is 0.182 e. The van der Waals surface area contributed by atoms with Crippen LogP contribution in [0.5, 0.6) is 0 Å². The van der Waals surface area contributed by atoms with E-state index in [1.54, 1.807) is 19.1 Å². The van der Waals surface area contributed by atoms with Crippen molar-refractivity contribution in [3.05, 3.63) is 64.7 Å². The van der Waals surface area contributed by atoms with E-state index in [1.165, 1.54) is 6.07 Å². The molecule has 0 bridgehead atoms. The number of nitrogens with zero attached hydrogens (tertiary/aromatic N) is 1. The Hall–Kier alpha value is -2.26. The molecule has 21 heavy (non-hydrogen) atoms. The topological polar surface area (TPSA) is 57.9 Å². The SMILES string of the molecule is Cc1cc(C#N)ccc1CS(=O)(=O)c1ccc(F)c(F)c1. The zero-order chi connectivity index (χ0) is 15.6. The van der Waals surface area contributed by atoms with Gasteiger partial charge in [-0.1, -0.05) is 6.07 Å². The molecular weight excluding hydrogens is 296 g/mol. The third-order valence-corrected chi connectivity index (χ3v) is 4.73. The highest BCUT2D eigenvalue weighted by Gasteiger charge is 2.18. The largest absolute Gasteiger partial charge is 0.223 e.